The summed E-state index contributed by atoms with van der Waals surface area (Å²) < 4.78 is 12.4. The average molecular weight is 594 g/mol. The van der Waals surface area contributed by atoms with Crippen LogP contribution in [0.1, 0.15) is 64.1 Å². The van der Waals surface area contributed by atoms with Gasteiger partial charge in [-0.05, 0) is 84.8 Å². The molecule has 0 saturated heterocycles. The Bertz CT molecular complexity index is 1790. The normalized spacial score (nSPS) is 15.1. The van der Waals surface area contributed by atoms with Gasteiger partial charge in [0.1, 0.15) is 17.4 Å². The van der Waals surface area contributed by atoms with Gasteiger partial charge in [0.05, 0.1) is 12.5 Å². The van der Waals surface area contributed by atoms with E-state index in [0.717, 1.165) is 33.2 Å². The molecule has 6 rings (SSSR count). The lowest BCUT2D eigenvalue weighted by Gasteiger charge is -2.22. The number of ether oxygens (including phenoxy) is 1. The van der Waals surface area contributed by atoms with Gasteiger partial charge < -0.3 is 19.6 Å². The number of hydrogen-bond acceptors (Lipinski definition) is 4. The number of aliphatic carboxylic acids is 1. The van der Waals surface area contributed by atoms with Crippen molar-refractivity contribution in [3.8, 4) is 0 Å². The summed E-state index contributed by atoms with van der Waals surface area (Å²) in [5, 5.41) is 14.4. The summed E-state index contributed by atoms with van der Waals surface area (Å²) in [6, 6.07) is 30.6. The molecule has 1 heterocycles. The van der Waals surface area contributed by atoms with Gasteiger partial charge in [-0.3, -0.25) is 4.79 Å². The fraction of sp³-hybridized carbons (Fsp3) is 0.222. The lowest BCUT2D eigenvalue weighted by atomic mass is 9.93. The van der Waals surface area contributed by atoms with Crippen molar-refractivity contribution in [1.29, 1.82) is 0 Å². The lowest BCUT2D eigenvalue weighted by molar-refractivity contribution is -0.157. The molecule has 1 aromatic heterocycles. The molecule has 4 aromatic carbocycles. The first kappa shape index (κ1) is 28.7. The fourth-order valence-electron chi connectivity index (χ4n) is 5.53. The fourth-order valence-corrected chi connectivity index (χ4v) is 5.66. The minimum atomic E-state index is -1.22. The third kappa shape index (κ3) is 6.21. The standard InChI is InChI=1S/C36H32ClNO5/c1-22-8-14-29(23(2)18-22)33(25-6-4-3-5-7-25)38-32(39)20-24-9-15-30-27(19-24)21-31(42-30)34(26-10-12-28(37)13-11-26)43-36(16-17-36)35(40)41/h3-15,18-19,21,33-34H,16-17,20H2,1-2H3,(H,38,39)(H,40,41)/t33-,34?/m0/s1. The van der Waals surface area contributed by atoms with Gasteiger partial charge in [-0.15, -0.1) is 0 Å². The summed E-state index contributed by atoms with van der Waals surface area (Å²) in [4.78, 5) is 25.3. The van der Waals surface area contributed by atoms with Gasteiger partial charge >= 0.3 is 5.97 Å². The summed E-state index contributed by atoms with van der Waals surface area (Å²) in [6.45, 7) is 4.13. The molecule has 5 aromatic rings. The van der Waals surface area contributed by atoms with Crippen molar-refractivity contribution in [3.05, 3.63) is 141 Å². The Morgan fingerprint density at radius 1 is 0.930 bits per heavy atom. The Labute approximate surface area is 255 Å². The molecule has 2 atom stereocenters. The van der Waals surface area contributed by atoms with Gasteiger partial charge in [-0.25, -0.2) is 4.79 Å². The van der Waals surface area contributed by atoms with Crippen molar-refractivity contribution in [2.45, 2.75) is 50.9 Å². The van der Waals surface area contributed by atoms with Gasteiger partial charge in [0.25, 0.3) is 0 Å². The number of fused-ring (bicyclic) bond motifs is 1. The minimum Gasteiger partial charge on any atom is -0.479 e. The molecule has 0 bridgehead atoms. The summed E-state index contributed by atoms with van der Waals surface area (Å²) in [6.07, 6.45) is 0.347. The summed E-state index contributed by atoms with van der Waals surface area (Å²) in [7, 11) is 0. The van der Waals surface area contributed by atoms with Gasteiger partial charge in [0.2, 0.25) is 5.91 Å². The third-order valence-corrected chi connectivity index (χ3v) is 8.26. The molecule has 1 aliphatic rings. The van der Waals surface area contributed by atoms with Crippen molar-refractivity contribution >= 4 is 34.4 Å². The molecule has 43 heavy (non-hydrogen) atoms. The maximum absolute atomic E-state index is 13.4. The maximum atomic E-state index is 13.4. The zero-order valence-corrected chi connectivity index (χ0v) is 24.7. The number of carboxylic acids is 1. The Hall–Kier alpha value is -4.39. The van der Waals surface area contributed by atoms with E-state index in [1.807, 2.05) is 66.7 Å². The topological polar surface area (TPSA) is 88.8 Å². The maximum Gasteiger partial charge on any atom is 0.336 e. The van der Waals surface area contributed by atoms with E-state index in [1.165, 1.54) is 5.56 Å². The number of carbonyl (C=O) groups is 2. The highest BCUT2D eigenvalue weighted by Gasteiger charge is 2.54. The predicted molar refractivity (Wildman–Crippen MR) is 166 cm³/mol. The molecule has 0 spiro atoms. The Balaban J connectivity index is 1.25. The number of aryl methyl sites for hydroxylation is 2. The second-order valence-corrected chi connectivity index (χ2v) is 11.8. The number of nitrogens with one attached hydrogen (secondary N) is 1. The van der Waals surface area contributed by atoms with Crippen LogP contribution in [0.4, 0.5) is 0 Å². The van der Waals surface area contributed by atoms with E-state index < -0.39 is 17.7 Å². The number of benzene rings is 4. The van der Waals surface area contributed by atoms with Crippen molar-refractivity contribution < 1.29 is 23.8 Å². The molecule has 1 amide bonds. The summed E-state index contributed by atoms with van der Waals surface area (Å²) in [5.74, 6) is -0.590. The Kier molecular flexibility index (Phi) is 7.82. The zero-order chi connectivity index (χ0) is 30.1. The second kappa shape index (κ2) is 11.7. The van der Waals surface area contributed by atoms with Crippen LogP contribution in [0.3, 0.4) is 0 Å². The first-order chi connectivity index (χ1) is 20.7. The quantitative estimate of drug-likeness (QED) is 0.172. The van der Waals surface area contributed by atoms with Gasteiger partial charge in [0, 0.05) is 10.4 Å². The highest BCUT2D eigenvalue weighted by molar-refractivity contribution is 6.30. The van der Waals surface area contributed by atoms with Crippen LogP contribution in [-0.2, 0) is 20.7 Å². The SMILES string of the molecule is Cc1ccc([C@@H](NC(=O)Cc2ccc3oc(C(OC4(C(=O)O)CC4)c4ccc(Cl)cc4)cc3c2)c2ccccc2)c(C)c1. The molecular weight excluding hydrogens is 562 g/mol. The largest absolute Gasteiger partial charge is 0.479 e. The molecular formula is C36H32ClNO5. The molecule has 0 aliphatic heterocycles. The number of furan rings is 1. The van der Waals surface area contributed by atoms with Crippen LogP contribution in [0.25, 0.3) is 11.0 Å². The van der Waals surface area contributed by atoms with E-state index >= 15 is 0 Å². The van der Waals surface area contributed by atoms with Crippen LogP contribution in [0, 0.1) is 13.8 Å². The lowest BCUT2D eigenvalue weighted by Crippen LogP contribution is -2.31. The van der Waals surface area contributed by atoms with E-state index in [-0.39, 0.29) is 18.4 Å². The van der Waals surface area contributed by atoms with Crippen LogP contribution in [0.5, 0.6) is 0 Å². The smallest absolute Gasteiger partial charge is 0.336 e. The van der Waals surface area contributed by atoms with Crippen LogP contribution < -0.4 is 5.32 Å². The van der Waals surface area contributed by atoms with Crippen molar-refractivity contribution in [2.24, 2.45) is 0 Å². The number of hydrogen-bond donors (Lipinski definition) is 2. The van der Waals surface area contributed by atoms with E-state index in [2.05, 4.69) is 37.4 Å². The highest BCUT2D eigenvalue weighted by Crippen LogP contribution is 2.46. The third-order valence-electron chi connectivity index (χ3n) is 8.01. The molecule has 1 aliphatic carbocycles. The van der Waals surface area contributed by atoms with Crippen LogP contribution in [-0.4, -0.2) is 22.6 Å². The molecule has 1 unspecified atom stereocenters. The van der Waals surface area contributed by atoms with Crippen molar-refractivity contribution in [1.82, 2.24) is 5.32 Å². The second-order valence-electron chi connectivity index (χ2n) is 11.3. The van der Waals surface area contributed by atoms with E-state index in [9.17, 15) is 14.7 Å². The number of carboxylic acid groups (broad SMARTS) is 1. The first-order valence-corrected chi connectivity index (χ1v) is 14.7. The summed E-state index contributed by atoms with van der Waals surface area (Å²) >= 11 is 6.11. The van der Waals surface area contributed by atoms with E-state index in [0.29, 0.717) is 29.2 Å². The Morgan fingerprint density at radius 3 is 2.35 bits per heavy atom. The number of carbonyl (C=O) groups excluding carboxylic acids is 1. The Morgan fingerprint density at radius 2 is 1.67 bits per heavy atom. The predicted octanol–water partition coefficient (Wildman–Crippen LogP) is 7.87. The van der Waals surface area contributed by atoms with Crippen LogP contribution in [0.2, 0.25) is 5.02 Å². The van der Waals surface area contributed by atoms with Gasteiger partial charge in [-0.1, -0.05) is 83.9 Å². The van der Waals surface area contributed by atoms with Crippen LogP contribution in [0.15, 0.2) is 101 Å². The molecule has 0 radical (unpaired) electrons. The molecule has 1 saturated carbocycles. The molecule has 218 valence electrons. The van der Waals surface area contributed by atoms with Crippen molar-refractivity contribution in [3.63, 3.8) is 0 Å². The molecule has 6 nitrogen and oxygen atoms in total. The first-order valence-electron chi connectivity index (χ1n) is 14.3. The van der Waals surface area contributed by atoms with Gasteiger partial charge in [-0.2, -0.15) is 0 Å². The highest BCUT2D eigenvalue weighted by atomic mass is 35.5. The van der Waals surface area contributed by atoms with Crippen molar-refractivity contribution in [2.75, 3.05) is 0 Å². The minimum absolute atomic E-state index is 0.101. The van der Waals surface area contributed by atoms with E-state index in [1.54, 1.807) is 12.1 Å². The monoisotopic (exact) mass is 593 g/mol. The number of halogens is 1. The zero-order valence-electron chi connectivity index (χ0n) is 24.0. The molecule has 2 N–H and O–H groups in total. The van der Waals surface area contributed by atoms with Gasteiger partial charge in [0.15, 0.2) is 5.60 Å². The molecule has 7 heteroatoms. The average Bonchev–Trinajstić information content (AvgIpc) is 3.67. The van der Waals surface area contributed by atoms with E-state index in [4.69, 9.17) is 20.8 Å². The number of rotatable bonds is 10. The molecule has 1 fully saturated rings. The van der Waals surface area contributed by atoms with Crippen LogP contribution >= 0.6 is 11.6 Å². The number of amides is 1. The summed E-state index contributed by atoms with van der Waals surface area (Å²) in [5.41, 5.74) is 5.34.